The number of aromatic nitrogens is 2. The summed E-state index contributed by atoms with van der Waals surface area (Å²) in [7, 11) is 0. The molecule has 0 radical (unpaired) electrons. The third-order valence-corrected chi connectivity index (χ3v) is 3.09. The van der Waals surface area contributed by atoms with Gasteiger partial charge in [0.25, 0.3) is 5.91 Å². The van der Waals surface area contributed by atoms with E-state index in [4.69, 9.17) is 0 Å². The minimum atomic E-state index is -0.257. The van der Waals surface area contributed by atoms with Gasteiger partial charge >= 0.3 is 5.69 Å². The second-order valence-corrected chi connectivity index (χ2v) is 4.66. The van der Waals surface area contributed by atoms with Gasteiger partial charge in [0, 0.05) is 12.1 Å². The molecule has 0 saturated heterocycles. The van der Waals surface area contributed by atoms with E-state index < -0.39 is 0 Å². The van der Waals surface area contributed by atoms with E-state index in [1.165, 1.54) is 12.8 Å². The van der Waals surface area contributed by atoms with Gasteiger partial charge < -0.3 is 15.3 Å². The maximum Gasteiger partial charge on any atom is 0.323 e. The summed E-state index contributed by atoms with van der Waals surface area (Å²) in [5.41, 5.74) is 1.68. The summed E-state index contributed by atoms with van der Waals surface area (Å²) in [4.78, 5) is 28.3. The molecule has 0 aliphatic rings. The van der Waals surface area contributed by atoms with Gasteiger partial charge in [-0.05, 0) is 24.6 Å². The fraction of sp³-hybridized carbons (Fsp3) is 0.429. The summed E-state index contributed by atoms with van der Waals surface area (Å²) in [5, 5.41) is 2.89. The van der Waals surface area contributed by atoms with Crippen molar-refractivity contribution in [1.82, 2.24) is 15.3 Å². The molecule has 0 bridgehead atoms. The number of amides is 1. The lowest BCUT2D eigenvalue weighted by Crippen LogP contribution is -2.24. The topological polar surface area (TPSA) is 77.8 Å². The van der Waals surface area contributed by atoms with Crippen molar-refractivity contribution < 1.29 is 4.79 Å². The van der Waals surface area contributed by atoms with E-state index in [0.717, 1.165) is 12.8 Å². The lowest BCUT2D eigenvalue weighted by Gasteiger charge is -2.05. The van der Waals surface area contributed by atoms with Crippen LogP contribution in [0.2, 0.25) is 0 Å². The zero-order chi connectivity index (χ0) is 13.7. The third kappa shape index (κ3) is 3.47. The number of fused-ring (bicyclic) bond motifs is 1. The molecule has 2 aromatic rings. The van der Waals surface area contributed by atoms with Gasteiger partial charge in [0.2, 0.25) is 0 Å². The number of benzene rings is 1. The molecule has 19 heavy (non-hydrogen) atoms. The lowest BCUT2D eigenvalue weighted by molar-refractivity contribution is 0.0953. The van der Waals surface area contributed by atoms with Crippen LogP contribution in [0.15, 0.2) is 23.0 Å². The quantitative estimate of drug-likeness (QED) is 0.697. The van der Waals surface area contributed by atoms with Gasteiger partial charge in [-0.1, -0.05) is 26.2 Å². The van der Waals surface area contributed by atoms with Crippen molar-refractivity contribution in [3.05, 3.63) is 34.2 Å². The van der Waals surface area contributed by atoms with Crippen LogP contribution < -0.4 is 11.0 Å². The van der Waals surface area contributed by atoms with Gasteiger partial charge in [0.1, 0.15) is 0 Å². The van der Waals surface area contributed by atoms with E-state index in [1.807, 2.05) is 0 Å². The van der Waals surface area contributed by atoms with Gasteiger partial charge in [-0.3, -0.25) is 4.79 Å². The van der Waals surface area contributed by atoms with Gasteiger partial charge in [0.15, 0.2) is 0 Å². The predicted molar refractivity (Wildman–Crippen MR) is 75.4 cm³/mol. The summed E-state index contributed by atoms with van der Waals surface area (Å²) in [6.07, 6.45) is 4.53. The Labute approximate surface area is 111 Å². The largest absolute Gasteiger partial charge is 0.352 e. The molecule has 1 aromatic heterocycles. The molecule has 0 spiro atoms. The molecule has 102 valence electrons. The number of carbonyl (C=O) groups is 1. The van der Waals surface area contributed by atoms with Crippen LogP contribution in [-0.4, -0.2) is 22.4 Å². The molecule has 0 fully saturated rings. The smallest absolute Gasteiger partial charge is 0.323 e. The van der Waals surface area contributed by atoms with Crippen molar-refractivity contribution in [1.29, 1.82) is 0 Å². The minimum Gasteiger partial charge on any atom is -0.352 e. The molecule has 0 aliphatic heterocycles. The van der Waals surface area contributed by atoms with Crippen LogP contribution in [0.4, 0.5) is 0 Å². The van der Waals surface area contributed by atoms with Crippen molar-refractivity contribution in [3.8, 4) is 0 Å². The van der Waals surface area contributed by atoms with Crippen molar-refractivity contribution in [2.24, 2.45) is 0 Å². The minimum absolute atomic E-state index is 0.0968. The fourth-order valence-corrected chi connectivity index (χ4v) is 2.03. The van der Waals surface area contributed by atoms with Crippen LogP contribution in [0.5, 0.6) is 0 Å². The Morgan fingerprint density at radius 2 is 1.95 bits per heavy atom. The average Bonchev–Trinajstić information content (AvgIpc) is 2.77. The second kappa shape index (κ2) is 6.22. The molecule has 0 aliphatic carbocycles. The van der Waals surface area contributed by atoms with E-state index >= 15 is 0 Å². The molecule has 5 nitrogen and oxygen atoms in total. The summed E-state index contributed by atoms with van der Waals surface area (Å²) >= 11 is 0. The summed E-state index contributed by atoms with van der Waals surface area (Å²) in [6, 6.07) is 5.14. The second-order valence-electron chi connectivity index (χ2n) is 4.66. The Kier molecular flexibility index (Phi) is 4.39. The fourth-order valence-electron chi connectivity index (χ4n) is 2.03. The first kappa shape index (κ1) is 13.4. The number of hydrogen-bond acceptors (Lipinski definition) is 2. The molecule has 1 amide bonds. The standard InChI is InChI=1S/C14H19N3O2/c1-2-3-4-5-8-15-13(18)10-6-7-11-12(9-10)17-14(19)16-11/h6-7,9H,2-5,8H2,1H3,(H,15,18)(H2,16,17,19). The molecule has 5 heteroatoms. The van der Waals surface area contributed by atoms with Crippen LogP contribution in [-0.2, 0) is 0 Å². The number of aromatic amines is 2. The highest BCUT2D eigenvalue weighted by atomic mass is 16.1. The van der Waals surface area contributed by atoms with Crippen LogP contribution >= 0.6 is 0 Å². The van der Waals surface area contributed by atoms with Crippen molar-refractivity contribution >= 4 is 16.9 Å². The van der Waals surface area contributed by atoms with E-state index in [9.17, 15) is 9.59 Å². The Bertz CT molecular complexity index is 612. The lowest BCUT2D eigenvalue weighted by atomic mass is 10.1. The van der Waals surface area contributed by atoms with Gasteiger partial charge in [0.05, 0.1) is 11.0 Å². The summed E-state index contributed by atoms with van der Waals surface area (Å²) in [5.74, 6) is -0.0968. The molecular formula is C14H19N3O2. The third-order valence-electron chi connectivity index (χ3n) is 3.09. The SMILES string of the molecule is CCCCCCNC(=O)c1ccc2[nH]c(=O)[nH]c2c1. The average molecular weight is 261 g/mol. The highest BCUT2D eigenvalue weighted by molar-refractivity contribution is 5.97. The number of H-pyrrole nitrogens is 2. The Hall–Kier alpha value is -2.04. The zero-order valence-corrected chi connectivity index (χ0v) is 11.1. The van der Waals surface area contributed by atoms with Gasteiger partial charge in [-0.15, -0.1) is 0 Å². The summed E-state index contributed by atoms with van der Waals surface area (Å²) < 4.78 is 0. The van der Waals surface area contributed by atoms with E-state index in [-0.39, 0.29) is 11.6 Å². The number of unbranched alkanes of at least 4 members (excludes halogenated alkanes) is 3. The Morgan fingerprint density at radius 1 is 1.16 bits per heavy atom. The first-order valence-corrected chi connectivity index (χ1v) is 6.71. The Balaban J connectivity index is 1.95. The van der Waals surface area contributed by atoms with E-state index in [0.29, 0.717) is 23.1 Å². The van der Waals surface area contributed by atoms with E-state index in [2.05, 4.69) is 22.2 Å². The highest BCUT2D eigenvalue weighted by Gasteiger charge is 2.06. The monoisotopic (exact) mass is 261 g/mol. The van der Waals surface area contributed by atoms with Crippen molar-refractivity contribution in [3.63, 3.8) is 0 Å². The molecular weight excluding hydrogens is 242 g/mol. The predicted octanol–water partition coefficient (Wildman–Crippen LogP) is 2.17. The number of imidazole rings is 1. The van der Waals surface area contributed by atoms with E-state index in [1.54, 1.807) is 18.2 Å². The Morgan fingerprint density at radius 3 is 2.74 bits per heavy atom. The molecule has 0 atom stereocenters. The molecule has 1 aromatic carbocycles. The van der Waals surface area contributed by atoms with Crippen molar-refractivity contribution in [2.45, 2.75) is 32.6 Å². The van der Waals surface area contributed by atoms with Crippen LogP contribution in [0, 0.1) is 0 Å². The highest BCUT2D eigenvalue weighted by Crippen LogP contribution is 2.10. The zero-order valence-electron chi connectivity index (χ0n) is 11.1. The number of rotatable bonds is 6. The molecule has 0 saturated carbocycles. The number of nitrogens with one attached hydrogen (secondary N) is 3. The van der Waals surface area contributed by atoms with Gasteiger partial charge in [-0.2, -0.15) is 0 Å². The number of hydrogen-bond donors (Lipinski definition) is 3. The maximum absolute atomic E-state index is 11.9. The van der Waals surface area contributed by atoms with Crippen LogP contribution in [0.1, 0.15) is 43.0 Å². The summed E-state index contributed by atoms with van der Waals surface area (Å²) in [6.45, 7) is 2.85. The molecule has 1 heterocycles. The molecule has 2 rings (SSSR count). The van der Waals surface area contributed by atoms with Crippen LogP contribution in [0.25, 0.3) is 11.0 Å². The van der Waals surface area contributed by atoms with Crippen molar-refractivity contribution in [2.75, 3.05) is 6.54 Å². The first-order chi connectivity index (χ1) is 9.20. The molecule has 0 unspecified atom stereocenters. The normalized spacial score (nSPS) is 10.8. The molecule has 3 N–H and O–H groups in total. The first-order valence-electron chi connectivity index (χ1n) is 6.71. The number of carbonyl (C=O) groups excluding carboxylic acids is 1. The van der Waals surface area contributed by atoms with Crippen LogP contribution in [0.3, 0.4) is 0 Å². The van der Waals surface area contributed by atoms with Gasteiger partial charge in [-0.25, -0.2) is 4.79 Å². The maximum atomic E-state index is 11.9.